The monoisotopic (exact) mass is 286 g/mol. The lowest BCUT2D eigenvalue weighted by atomic mass is 10.3. The maximum absolute atomic E-state index is 13.6. The van der Waals surface area contributed by atoms with Gasteiger partial charge in [-0.05, 0) is 12.1 Å². The highest BCUT2D eigenvalue weighted by Crippen LogP contribution is 2.30. The number of benzene rings is 1. The van der Waals surface area contributed by atoms with Crippen molar-refractivity contribution in [2.75, 3.05) is 17.7 Å². The van der Waals surface area contributed by atoms with Gasteiger partial charge in [-0.1, -0.05) is 29.3 Å². The number of hydrogen-bond donors (Lipinski definition) is 2. The molecule has 0 radical (unpaired) electrons. The molecule has 1 aromatic carbocycles. The minimum atomic E-state index is -0.483. The second-order valence-electron chi connectivity index (χ2n) is 3.36. The summed E-state index contributed by atoms with van der Waals surface area (Å²) in [5.74, 6) is 0.167. The predicted molar refractivity (Wildman–Crippen MR) is 71.3 cm³/mol. The smallest absolute Gasteiger partial charge is 0.224 e. The van der Waals surface area contributed by atoms with Gasteiger partial charge in [-0.3, -0.25) is 0 Å². The van der Waals surface area contributed by atoms with E-state index in [2.05, 4.69) is 20.6 Å². The summed E-state index contributed by atoms with van der Waals surface area (Å²) in [7, 11) is 1.67. The maximum atomic E-state index is 13.6. The molecule has 2 N–H and O–H groups in total. The van der Waals surface area contributed by atoms with E-state index in [-0.39, 0.29) is 21.6 Å². The molecular formula is C11H9Cl2FN4. The van der Waals surface area contributed by atoms with Gasteiger partial charge < -0.3 is 10.6 Å². The summed E-state index contributed by atoms with van der Waals surface area (Å²) in [4.78, 5) is 8.00. The van der Waals surface area contributed by atoms with E-state index in [9.17, 15) is 4.39 Å². The van der Waals surface area contributed by atoms with E-state index in [4.69, 9.17) is 23.2 Å². The van der Waals surface area contributed by atoms with Crippen molar-refractivity contribution in [1.29, 1.82) is 0 Å². The number of anilines is 3. The van der Waals surface area contributed by atoms with Crippen LogP contribution < -0.4 is 10.6 Å². The lowest BCUT2D eigenvalue weighted by molar-refractivity contribution is 0.632. The fraction of sp³-hybridized carbons (Fsp3) is 0.0909. The van der Waals surface area contributed by atoms with Crippen LogP contribution in [0.3, 0.4) is 0 Å². The van der Waals surface area contributed by atoms with Crippen LogP contribution in [0.15, 0.2) is 24.4 Å². The Labute approximate surface area is 113 Å². The number of hydrogen-bond acceptors (Lipinski definition) is 4. The van der Waals surface area contributed by atoms with Gasteiger partial charge in [0.2, 0.25) is 5.95 Å². The Bertz CT molecular complexity index is 557. The van der Waals surface area contributed by atoms with Crippen molar-refractivity contribution in [3.8, 4) is 0 Å². The van der Waals surface area contributed by atoms with Crippen molar-refractivity contribution in [3.05, 3.63) is 40.3 Å². The molecule has 0 atom stereocenters. The summed E-state index contributed by atoms with van der Waals surface area (Å²) >= 11 is 11.8. The van der Waals surface area contributed by atoms with Crippen LogP contribution in [0.5, 0.6) is 0 Å². The first-order valence-electron chi connectivity index (χ1n) is 5.03. The van der Waals surface area contributed by atoms with Crippen LogP contribution in [0.4, 0.5) is 21.8 Å². The average molecular weight is 287 g/mol. The molecule has 0 saturated heterocycles. The van der Waals surface area contributed by atoms with Crippen LogP contribution in [0.2, 0.25) is 10.0 Å². The molecule has 4 nitrogen and oxygen atoms in total. The Morgan fingerprint density at radius 3 is 2.67 bits per heavy atom. The fourth-order valence-electron chi connectivity index (χ4n) is 1.31. The molecule has 0 saturated carbocycles. The van der Waals surface area contributed by atoms with Gasteiger partial charge in [-0.15, -0.1) is 0 Å². The van der Waals surface area contributed by atoms with Crippen LogP contribution in [0, 0.1) is 5.82 Å². The molecule has 18 heavy (non-hydrogen) atoms. The normalized spacial score (nSPS) is 10.2. The summed E-state index contributed by atoms with van der Waals surface area (Å²) in [6, 6.07) is 4.38. The zero-order valence-electron chi connectivity index (χ0n) is 9.34. The van der Waals surface area contributed by atoms with Gasteiger partial charge >= 0.3 is 0 Å². The Morgan fingerprint density at radius 1 is 1.22 bits per heavy atom. The molecule has 0 fully saturated rings. The molecule has 1 aromatic heterocycles. The fourth-order valence-corrected chi connectivity index (χ4v) is 1.66. The first kappa shape index (κ1) is 12.9. The number of rotatable bonds is 3. The Balaban J connectivity index is 2.39. The van der Waals surface area contributed by atoms with Crippen LogP contribution in [0.25, 0.3) is 0 Å². The average Bonchev–Trinajstić information content (AvgIpc) is 2.36. The largest absolute Gasteiger partial charge is 0.357 e. The molecule has 0 unspecified atom stereocenters. The third-order valence-corrected chi connectivity index (χ3v) is 2.77. The molecule has 0 spiro atoms. The third-order valence-electron chi connectivity index (χ3n) is 2.17. The quantitative estimate of drug-likeness (QED) is 0.903. The summed E-state index contributed by atoms with van der Waals surface area (Å²) in [5, 5.41) is 6.03. The first-order chi connectivity index (χ1) is 8.61. The summed E-state index contributed by atoms with van der Waals surface area (Å²) in [6.45, 7) is 0. The van der Waals surface area contributed by atoms with Crippen molar-refractivity contribution in [2.45, 2.75) is 0 Å². The zero-order chi connectivity index (χ0) is 13.1. The second-order valence-corrected chi connectivity index (χ2v) is 4.18. The lowest BCUT2D eigenvalue weighted by Crippen LogP contribution is -2.02. The second kappa shape index (κ2) is 5.37. The van der Waals surface area contributed by atoms with Crippen LogP contribution in [0.1, 0.15) is 0 Å². The Hall–Kier alpha value is -1.59. The van der Waals surface area contributed by atoms with E-state index in [1.165, 1.54) is 18.3 Å². The SMILES string of the molecule is CNc1ncc(Cl)c(Nc2c(F)cccc2Cl)n1. The minimum absolute atomic E-state index is 0.127. The topological polar surface area (TPSA) is 49.8 Å². The van der Waals surface area contributed by atoms with Gasteiger partial charge in [0.05, 0.1) is 16.9 Å². The highest BCUT2D eigenvalue weighted by molar-refractivity contribution is 6.34. The molecule has 0 aliphatic heterocycles. The van der Waals surface area contributed by atoms with Crippen molar-refractivity contribution >= 4 is 40.7 Å². The van der Waals surface area contributed by atoms with Crippen LogP contribution >= 0.6 is 23.2 Å². The highest BCUT2D eigenvalue weighted by atomic mass is 35.5. The van der Waals surface area contributed by atoms with Crippen molar-refractivity contribution in [2.24, 2.45) is 0 Å². The summed E-state index contributed by atoms with van der Waals surface area (Å²) < 4.78 is 13.6. The van der Waals surface area contributed by atoms with Gasteiger partial charge in [-0.25, -0.2) is 9.37 Å². The molecule has 7 heteroatoms. The molecule has 1 heterocycles. The highest BCUT2D eigenvalue weighted by Gasteiger charge is 2.11. The Kier molecular flexibility index (Phi) is 3.84. The summed E-state index contributed by atoms with van der Waals surface area (Å²) in [6.07, 6.45) is 1.41. The van der Waals surface area contributed by atoms with E-state index in [0.717, 1.165) is 0 Å². The third kappa shape index (κ3) is 2.63. The molecule has 94 valence electrons. The number of halogens is 3. The number of nitrogens with one attached hydrogen (secondary N) is 2. The van der Waals surface area contributed by atoms with Crippen molar-refractivity contribution in [3.63, 3.8) is 0 Å². The van der Waals surface area contributed by atoms with E-state index in [1.54, 1.807) is 13.1 Å². The molecule has 0 bridgehead atoms. The van der Waals surface area contributed by atoms with Gasteiger partial charge in [0, 0.05) is 7.05 Å². The van der Waals surface area contributed by atoms with Crippen LogP contribution in [-0.4, -0.2) is 17.0 Å². The standard InChI is InChI=1S/C11H9Cl2FN4/c1-15-11-16-5-7(13)10(18-11)17-9-6(12)3-2-4-8(9)14/h2-5H,1H3,(H2,15,16,17,18). The molecule has 2 aromatic rings. The number of nitrogens with zero attached hydrogens (tertiary/aromatic N) is 2. The Morgan fingerprint density at radius 2 is 2.00 bits per heavy atom. The van der Waals surface area contributed by atoms with Gasteiger partial charge in [0.1, 0.15) is 10.8 Å². The zero-order valence-corrected chi connectivity index (χ0v) is 10.8. The van der Waals surface area contributed by atoms with E-state index < -0.39 is 5.82 Å². The molecule has 0 aliphatic rings. The summed E-state index contributed by atoms with van der Waals surface area (Å²) in [5.41, 5.74) is 0.127. The predicted octanol–water partition coefficient (Wildman–Crippen LogP) is 3.71. The van der Waals surface area contributed by atoms with E-state index in [1.807, 2.05) is 0 Å². The molecule has 2 rings (SSSR count). The van der Waals surface area contributed by atoms with Crippen molar-refractivity contribution < 1.29 is 4.39 Å². The number of aromatic nitrogens is 2. The van der Waals surface area contributed by atoms with Gasteiger partial charge in [-0.2, -0.15) is 4.98 Å². The van der Waals surface area contributed by atoms with Gasteiger partial charge in [0.25, 0.3) is 0 Å². The molecule has 0 aliphatic carbocycles. The minimum Gasteiger partial charge on any atom is -0.357 e. The maximum Gasteiger partial charge on any atom is 0.224 e. The lowest BCUT2D eigenvalue weighted by Gasteiger charge is -2.10. The van der Waals surface area contributed by atoms with E-state index >= 15 is 0 Å². The van der Waals surface area contributed by atoms with E-state index in [0.29, 0.717) is 5.95 Å². The van der Waals surface area contributed by atoms with Gasteiger partial charge in [0.15, 0.2) is 5.82 Å². The number of para-hydroxylation sites is 1. The molecule has 0 amide bonds. The van der Waals surface area contributed by atoms with Crippen LogP contribution in [-0.2, 0) is 0 Å². The molecular weight excluding hydrogens is 278 g/mol. The van der Waals surface area contributed by atoms with Crippen molar-refractivity contribution in [1.82, 2.24) is 9.97 Å². The first-order valence-corrected chi connectivity index (χ1v) is 5.78.